The third-order valence-corrected chi connectivity index (χ3v) is 1.50. The van der Waals surface area contributed by atoms with Crippen LogP contribution in [0.25, 0.3) is 5.83 Å². The molecule has 1 aromatic rings. The van der Waals surface area contributed by atoms with Crippen LogP contribution in [0.3, 0.4) is 0 Å². The maximum absolute atomic E-state index is 13.0. The quantitative estimate of drug-likeness (QED) is 0.718. The lowest BCUT2D eigenvalue weighted by atomic mass is 10.2. The topological polar surface area (TPSA) is 57.5 Å². The number of rotatable bonds is 2. The first-order valence-electron chi connectivity index (χ1n) is 3.60. The number of carboxylic acids is 1. The number of hydrogen-bond donors (Lipinski definition) is 2. The summed E-state index contributed by atoms with van der Waals surface area (Å²) in [6.45, 7) is 0. The molecule has 0 atom stereocenters. The van der Waals surface area contributed by atoms with Gasteiger partial charge in [-0.2, -0.15) is 4.39 Å². The van der Waals surface area contributed by atoms with Crippen molar-refractivity contribution in [2.24, 2.45) is 0 Å². The van der Waals surface area contributed by atoms with Gasteiger partial charge >= 0.3 is 5.97 Å². The smallest absolute Gasteiger partial charge is 0.367 e. The Labute approximate surface area is 77.9 Å². The van der Waals surface area contributed by atoms with Crippen molar-refractivity contribution in [3.8, 4) is 5.75 Å². The summed E-state index contributed by atoms with van der Waals surface area (Å²) >= 11 is 0. The Balaban J connectivity index is 3.12. The summed E-state index contributed by atoms with van der Waals surface area (Å²) in [4.78, 5) is 10.1. The molecule has 2 N–H and O–H groups in total. The molecule has 3 nitrogen and oxygen atoms in total. The summed E-state index contributed by atoms with van der Waals surface area (Å²) < 4.78 is 25.5. The Kier molecular flexibility index (Phi) is 2.81. The van der Waals surface area contributed by atoms with Gasteiger partial charge in [0.05, 0.1) is 0 Å². The largest absolute Gasteiger partial charge is 0.508 e. The molecule has 0 fully saturated rings. The van der Waals surface area contributed by atoms with Crippen LogP contribution in [0.2, 0.25) is 0 Å². The Morgan fingerprint density at radius 2 is 1.64 bits per heavy atom. The number of halogens is 2. The van der Waals surface area contributed by atoms with Crippen molar-refractivity contribution in [3.63, 3.8) is 0 Å². The molecule has 0 bridgehead atoms. The highest BCUT2D eigenvalue weighted by molar-refractivity contribution is 5.92. The molecular formula is C9H6F2O3. The van der Waals surface area contributed by atoms with E-state index in [-0.39, 0.29) is 11.3 Å². The van der Waals surface area contributed by atoms with E-state index in [1.807, 2.05) is 0 Å². The maximum atomic E-state index is 13.0. The fourth-order valence-corrected chi connectivity index (χ4v) is 0.828. The fourth-order valence-electron chi connectivity index (χ4n) is 0.828. The summed E-state index contributed by atoms with van der Waals surface area (Å²) in [6.07, 6.45) is 0. The molecule has 0 radical (unpaired) electrons. The molecule has 0 spiro atoms. The molecule has 0 saturated carbocycles. The van der Waals surface area contributed by atoms with Crippen molar-refractivity contribution < 1.29 is 23.8 Å². The van der Waals surface area contributed by atoms with Crippen LogP contribution in [-0.2, 0) is 4.79 Å². The van der Waals surface area contributed by atoms with Gasteiger partial charge in [0.2, 0.25) is 5.83 Å². The zero-order chi connectivity index (χ0) is 10.7. The van der Waals surface area contributed by atoms with E-state index in [0.29, 0.717) is 0 Å². The standard InChI is InChI=1S/C9H6F2O3/c10-7(8(11)9(13)14)5-1-3-6(12)4-2-5/h1-4,12H,(H,13,14)/b8-7+. The van der Waals surface area contributed by atoms with Crippen LogP contribution in [-0.4, -0.2) is 16.2 Å². The Hall–Kier alpha value is -1.91. The minimum absolute atomic E-state index is 0.114. The molecule has 0 heterocycles. The molecule has 0 aliphatic heterocycles. The fraction of sp³-hybridized carbons (Fsp3) is 0. The predicted octanol–water partition coefficient (Wildman–Crippen LogP) is 2.08. The number of benzene rings is 1. The number of carbonyl (C=O) groups is 1. The van der Waals surface area contributed by atoms with Crippen LogP contribution in [0.5, 0.6) is 5.75 Å². The van der Waals surface area contributed by atoms with E-state index in [2.05, 4.69) is 0 Å². The average Bonchev–Trinajstić information content (AvgIpc) is 2.16. The Morgan fingerprint density at radius 1 is 1.14 bits per heavy atom. The second kappa shape index (κ2) is 3.87. The van der Waals surface area contributed by atoms with Crippen molar-refractivity contribution in [1.82, 2.24) is 0 Å². The van der Waals surface area contributed by atoms with E-state index < -0.39 is 17.6 Å². The Bertz CT molecular complexity index is 382. The number of aromatic hydroxyl groups is 1. The van der Waals surface area contributed by atoms with Gasteiger partial charge in [-0.3, -0.25) is 0 Å². The van der Waals surface area contributed by atoms with Gasteiger partial charge in [-0.25, -0.2) is 9.18 Å². The van der Waals surface area contributed by atoms with Crippen LogP contribution in [0.4, 0.5) is 8.78 Å². The normalized spacial score (nSPS) is 12.1. The number of aliphatic carboxylic acids is 1. The average molecular weight is 200 g/mol. The molecule has 1 aromatic carbocycles. The monoisotopic (exact) mass is 200 g/mol. The minimum atomic E-state index is -1.96. The molecule has 0 saturated heterocycles. The summed E-state index contributed by atoms with van der Waals surface area (Å²) in [5.74, 6) is -5.39. The van der Waals surface area contributed by atoms with Gasteiger partial charge in [0.1, 0.15) is 5.75 Å². The van der Waals surface area contributed by atoms with Crippen LogP contribution in [0.1, 0.15) is 5.56 Å². The van der Waals surface area contributed by atoms with E-state index >= 15 is 0 Å². The highest BCUT2D eigenvalue weighted by atomic mass is 19.2. The molecular weight excluding hydrogens is 194 g/mol. The highest BCUT2D eigenvalue weighted by Gasteiger charge is 2.15. The molecule has 74 valence electrons. The summed E-state index contributed by atoms with van der Waals surface area (Å²) in [5.41, 5.74) is -0.234. The lowest BCUT2D eigenvalue weighted by Crippen LogP contribution is -1.97. The van der Waals surface area contributed by atoms with E-state index in [1.165, 1.54) is 0 Å². The lowest BCUT2D eigenvalue weighted by Gasteiger charge is -1.98. The molecule has 1 rings (SSSR count). The van der Waals surface area contributed by atoms with Gasteiger partial charge in [0, 0.05) is 5.56 Å². The summed E-state index contributed by atoms with van der Waals surface area (Å²) in [5, 5.41) is 17.0. The van der Waals surface area contributed by atoms with E-state index in [9.17, 15) is 13.6 Å². The number of phenolic OH excluding ortho intramolecular Hbond substituents is 1. The van der Waals surface area contributed by atoms with Crippen LogP contribution >= 0.6 is 0 Å². The molecule has 0 aliphatic rings. The first-order chi connectivity index (χ1) is 6.52. The molecule has 0 aliphatic carbocycles. The zero-order valence-electron chi connectivity index (χ0n) is 6.87. The molecule has 0 amide bonds. The van der Waals surface area contributed by atoms with Crippen LogP contribution in [0, 0.1) is 0 Å². The highest BCUT2D eigenvalue weighted by Crippen LogP contribution is 2.23. The first-order valence-corrected chi connectivity index (χ1v) is 3.60. The van der Waals surface area contributed by atoms with E-state index in [1.54, 1.807) is 0 Å². The second-order valence-electron chi connectivity index (χ2n) is 2.48. The van der Waals surface area contributed by atoms with Gasteiger partial charge in [-0.15, -0.1) is 0 Å². The molecule has 0 unspecified atom stereocenters. The zero-order valence-corrected chi connectivity index (χ0v) is 6.87. The molecule has 14 heavy (non-hydrogen) atoms. The van der Waals surface area contributed by atoms with Gasteiger partial charge in [0.15, 0.2) is 5.83 Å². The Morgan fingerprint density at radius 3 is 2.07 bits per heavy atom. The van der Waals surface area contributed by atoms with Crippen LogP contribution < -0.4 is 0 Å². The lowest BCUT2D eigenvalue weighted by molar-refractivity contribution is -0.134. The van der Waals surface area contributed by atoms with Crippen molar-refractivity contribution in [1.29, 1.82) is 0 Å². The summed E-state index contributed by atoms with van der Waals surface area (Å²) in [7, 11) is 0. The third kappa shape index (κ3) is 2.07. The molecule has 0 aromatic heterocycles. The van der Waals surface area contributed by atoms with Crippen molar-refractivity contribution in [2.75, 3.05) is 0 Å². The van der Waals surface area contributed by atoms with E-state index in [4.69, 9.17) is 10.2 Å². The van der Waals surface area contributed by atoms with Crippen molar-refractivity contribution >= 4 is 11.8 Å². The SMILES string of the molecule is O=C(O)/C(F)=C(\F)c1ccc(O)cc1. The first kappa shape index (κ1) is 10.2. The molecule has 5 heteroatoms. The van der Waals surface area contributed by atoms with Gasteiger partial charge < -0.3 is 10.2 Å². The number of hydrogen-bond acceptors (Lipinski definition) is 2. The van der Waals surface area contributed by atoms with Crippen molar-refractivity contribution in [3.05, 3.63) is 35.7 Å². The number of phenols is 1. The van der Waals surface area contributed by atoms with Gasteiger partial charge in [0.25, 0.3) is 0 Å². The van der Waals surface area contributed by atoms with Gasteiger partial charge in [-0.05, 0) is 24.3 Å². The maximum Gasteiger partial charge on any atom is 0.367 e. The van der Waals surface area contributed by atoms with Crippen molar-refractivity contribution in [2.45, 2.75) is 0 Å². The number of carboxylic acid groups (broad SMARTS) is 1. The minimum Gasteiger partial charge on any atom is -0.508 e. The third-order valence-electron chi connectivity index (χ3n) is 1.50. The van der Waals surface area contributed by atoms with Gasteiger partial charge in [-0.1, -0.05) is 0 Å². The predicted molar refractivity (Wildman–Crippen MR) is 44.9 cm³/mol. The second-order valence-corrected chi connectivity index (χ2v) is 2.48. The van der Waals surface area contributed by atoms with E-state index in [0.717, 1.165) is 24.3 Å². The van der Waals surface area contributed by atoms with Crippen LogP contribution in [0.15, 0.2) is 30.1 Å². The summed E-state index contributed by atoms with van der Waals surface area (Å²) in [6, 6.07) is 4.41.